The number of rotatable bonds is 2. The molecule has 0 heterocycles. The first-order valence-corrected chi connectivity index (χ1v) is 6.73. The van der Waals surface area contributed by atoms with Crippen LogP contribution in [0.15, 0.2) is 36.4 Å². The Kier molecular flexibility index (Phi) is 6.14. The molecule has 0 unspecified atom stereocenters. The van der Waals surface area contributed by atoms with E-state index in [9.17, 15) is 9.59 Å². The van der Waals surface area contributed by atoms with Crippen LogP contribution in [0, 0.1) is 13.8 Å². The van der Waals surface area contributed by atoms with E-state index in [0.29, 0.717) is 11.3 Å². The number of hydrogen-bond acceptors (Lipinski definition) is 5. The van der Waals surface area contributed by atoms with Gasteiger partial charge in [0.25, 0.3) is 0 Å². The van der Waals surface area contributed by atoms with E-state index >= 15 is 0 Å². The molecule has 0 aliphatic carbocycles. The Bertz CT molecular complexity index is 725. The first-order chi connectivity index (χ1) is 10.8. The molecule has 4 N–H and O–H groups in total. The number of aryl methyl sites for hydroxylation is 2. The maximum atomic E-state index is 11.1. The van der Waals surface area contributed by atoms with Crippen molar-refractivity contribution in [1.82, 2.24) is 0 Å². The fourth-order valence-corrected chi connectivity index (χ4v) is 1.81. The number of carboxylic acid groups (broad SMARTS) is 1. The Labute approximate surface area is 134 Å². The van der Waals surface area contributed by atoms with Crippen molar-refractivity contribution in [3.8, 4) is 5.75 Å². The average Bonchev–Trinajstić information content (AvgIpc) is 2.51. The third-order valence-electron chi connectivity index (χ3n) is 3.12. The topological polar surface area (TPSA) is 110 Å². The van der Waals surface area contributed by atoms with Crippen LogP contribution in [0.1, 0.15) is 31.8 Å². The van der Waals surface area contributed by atoms with Crippen molar-refractivity contribution < 1.29 is 24.5 Å². The van der Waals surface area contributed by atoms with Gasteiger partial charge >= 0.3 is 11.9 Å². The molecule has 0 saturated carbocycles. The molecule has 0 atom stereocenters. The van der Waals surface area contributed by atoms with E-state index in [4.69, 9.17) is 15.9 Å². The highest BCUT2D eigenvalue weighted by molar-refractivity contribution is 5.91. The fourth-order valence-electron chi connectivity index (χ4n) is 1.81. The fraction of sp³-hybridized carbons (Fsp3) is 0.176. The molecule has 23 heavy (non-hydrogen) atoms. The maximum absolute atomic E-state index is 11.1. The van der Waals surface area contributed by atoms with Crippen molar-refractivity contribution in [1.29, 1.82) is 0 Å². The number of carbonyl (C=O) groups excluding carboxylic acids is 1. The van der Waals surface area contributed by atoms with Crippen molar-refractivity contribution in [2.24, 2.45) is 0 Å². The standard InChI is InChI=1S/C9H10O3.C8H9NO2/c1-6-3-4-7(10)5-8(6)9(11)12-2;1-5-2-3-6(9)4-7(5)8(10)11/h3-5,10H,1-2H3;2-4H,9H2,1H3,(H,10,11). The summed E-state index contributed by atoms with van der Waals surface area (Å²) in [5.41, 5.74) is 8.07. The SMILES string of the molecule is COC(=O)c1cc(O)ccc1C.Cc1ccc(N)cc1C(=O)O. The summed E-state index contributed by atoms with van der Waals surface area (Å²) in [6.45, 7) is 3.52. The Morgan fingerprint density at radius 3 is 2.09 bits per heavy atom. The summed E-state index contributed by atoms with van der Waals surface area (Å²) < 4.78 is 4.52. The number of nitrogen functional groups attached to an aromatic ring is 1. The number of phenols is 1. The number of esters is 1. The number of aromatic hydroxyl groups is 1. The number of anilines is 1. The zero-order chi connectivity index (χ0) is 17.6. The molecule has 0 saturated heterocycles. The highest BCUT2D eigenvalue weighted by atomic mass is 16.5. The lowest BCUT2D eigenvalue weighted by atomic mass is 10.1. The van der Waals surface area contributed by atoms with Crippen molar-refractivity contribution in [2.45, 2.75) is 13.8 Å². The number of methoxy groups -OCH3 is 1. The lowest BCUT2D eigenvalue weighted by Gasteiger charge is -2.02. The molecule has 6 nitrogen and oxygen atoms in total. The number of phenolic OH excluding ortho intramolecular Hbond substituents is 1. The van der Waals surface area contributed by atoms with Crippen LogP contribution in [0.2, 0.25) is 0 Å². The van der Waals surface area contributed by atoms with Gasteiger partial charge in [-0.05, 0) is 49.2 Å². The van der Waals surface area contributed by atoms with Gasteiger partial charge < -0.3 is 20.7 Å². The van der Waals surface area contributed by atoms with Gasteiger partial charge in [0.2, 0.25) is 0 Å². The Morgan fingerprint density at radius 2 is 1.57 bits per heavy atom. The molecular formula is C17H19NO5. The number of carboxylic acids is 1. The van der Waals surface area contributed by atoms with Crippen molar-refractivity contribution in [2.75, 3.05) is 12.8 Å². The zero-order valence-corrected chi connectivity index (χ0v) is 13.2. The van der Waals surface area contributed by atoms with E-state index < -0.39 is 11.9 Å². The minimum absolute atomic E-state index is 0.0704. The van der Waals surface area contributed by atoms with Crippen molar-refractivity contribution in [3.63, 3.8) is 0 Å². The quantitative estimate of drug-likeness (QED) is 0.580. The van der Waals surface area contributed by atoms with Gasteiger partial charge in [-0.15, -0.1) is 0 Å². The second-order valence-electron chi connectivity index (χ2n) is 4.87. The van der Waals surface area contributed by atoms with Gasteiger partial charge in [-0.2, -0.15) is 0 Å². The van der Waals surface area contributed by atoms with Crippen LogP contribution < -0.4 is 5.73 Å². The number of carbonyl (C=O) groups is 2. The van der Waals surface area contributed by atoms with Crippen LogP contribution in [-0.4, -0.2) is 29.3 Å². The predicted octanol–water partition coefficient (Wildman–Crippen LogP) is 2.76. The molecule has 0 spiro atoms. The van der Waals surface area contributed by atoms with Crippen LogP contribution in [0.3, 0.4) is 0 Å². The molecule has 2 rings (SSSR count). The molecule has 0 aliphatic heterocycles. The van der Waals surface area contributed by atoms with Crippen LogP contribution >= 0.6 is 0 Å². The minimum Gasteiger partial charge on any atom is -0.508 e. The summed E-state index contributed by atoms with van der Waals surface area (Å²) in [6.07, 6.45) is 0. The van der Waals surface area contributed by atoms with Crippen LogP contribution in [-0.2, 0) is 4.74 Å². The summed E-state index contributed by atoms with van der Waals surface area (Å²) in [5.74, 6) is -1.29. The van der Waals surface area contributed by atoms with Crippen molar-refractivity contribution >= 4 is 17.6 Å². The Morgan fingerprint density at radius 1 is 1.00 bits per heavy atom. The van der Waals surface area contributed by atoms with Gasteiger partial charge in [0.15, 0.2) is 0 Å². The number of nitrogens with two attached hydrogens (primary N) is 1. The first-order valence-electron chi connectivity index (χ1n) is 6.73. The third-order valence-corrected chi connectivity index (χ3v) is 3.12. The molecule has 0 aromatic heterocycles. The lowest BCUT2D eigenvalue weighted by molar-refractivity contribution is 0.0598. The van der Waals surface area contributed by atoms with Gasteiger partial charge in [0.05, 0.1) is 18.2 Å². The van der Waals surface area contributed by atoms with E-state index in [2.05, 4.69) is 4.74 Å². The molecular weight excluding hydrogens is 298 g/mol. The smallest absolute Gasteiger partial charge is 0.338 e. The van der Waals surface area contributed by atoms with E-state index in [1.165, 1.54) is 25.3 Å². The molecule has 0 fully saturated rings. The molecule has 6 heteroatoms. The number of hydrogen-bond donors (Lipinski definition) is 3. The number of aromatic carboxylic acids is 1. The second kappa shape index (κ2) is 7.84. The number of ether oxygens (including phenoxy) is 1. The average molecular weight is 317 g/mol. The maximum Gasteiger partial charge on any atom is 0.338 e. The van der Waals surface area contributed by atoms with Crippen LogP contribution in [0.25, 0.3) is 0 Å². The molecule has 122 valence electrons. The molecule has 0 aliphatic rings. The first kappa shape index (κ1) is 18.0. The number of benzene rings is 2. The Balaban J connectivity index is 0.000000231. The Hall–Kier alpha value is -3.02. The monoisotopic (exact) mass is 317 g/mol. The van der Waals surface area contributed by atoms with Crippen LogP contribution in [0.5, 0.6) is 5.75 Å². The second-order valence-corrected chi connectivity index (χ2v) is 4.87. The summed E-state index contributed by atoms with van der Waals surface area (Å²) in [5, 5.41) is 17.7. The highest BCUT2D eigenvalue weighted by Crippen LogP contribution is 2.16. The summed E-state index contributed by atoms with van der Waals surface area (Å²) in [4.78, 5) is 21.6. The van der Waals surface area contributed by atoms with Gasteiger partial charge in [0, 0.05) is 5.69 Å². The van der Waals surface area contributed by atoms with Gasteiger partial charge in [0.1, 0.15) is 5.75 Å². The highest BCUT2D eigenvalue weighted by Gasteiger charge is 2.08. The molecule has 2 aromatic carbocycles. The predicted molar refractivity (Wildman–Crippen MR) is 86.7 cm³/mol. The lowest BCUT2D eigenvalue weighted by Crippen LogP contribution is -2.02. The van der Waals surface area contributed by atoms with Gasteiger partial charge in [-0.25, -0.2) is 9.59 Å². The molecule has 0 amide bonds. The molecule has 0 radical (unpaired) electrons. The zero-order valence-electron chi connectivity index (χ0n) is 13.2. The van der Waals surface area contributed by atoms with E-state index in [1.807, 2.05) is 0 Å². The largest absolute Gasteiger partial charge is 0.508 e. The summed E-state index contributed by atoms with van der Waals surface area (Å²) in [6, 6.07) is 9.42. The van der Waals surface area contributed by atoms with Gasteiger partial charge in [-0.3, -0.25) is 0 Å². The summed E-state index contributed by atoms with van der Waals surface area (Å²) >= 11 is 0. The van der Waals surface area contributed by atoms with E-state index in [0.717, 1.165) is 11.1 Å². The molecule has 0 bridgehead atoms. The van der Waals surface area contributed by atoms with Gasteiger partial charge in [-0.1, -0.05) is 12.1 Å². The van der Waals surface area contributed by atoms with Crippen molar-refractivity contribution in [3.05, 3.63) is 58.7 Å². The van der Waals surface area contributed by atoms with Crippen LogP contribution in [0.4, 0.5) is 5.69 Å². The molecule has 2 aromatic rings. The van der Waals surface area contributed by atoms with E-state index in [-0.39, 0.29) is 11.3 Å². The third kappa shape index (κ3) is 5.03. The minimum atomic E-state index is -0.935. The summed E-state index contributed by atoms with van der Waals surface area (Å²) in [7, 11) is 1.31. The van der Waals surface area contributed by atoms with E-state index in [1.54, 1.807) is 32.0 Å². The normalized spacial score (nSPS) is 9.52.